The van der Waals surface area contributed by atoms with Gasteiger partial charge in [-0.25, -0.2) is 12.8 Å². The van der Waals surface area contributed by atoms with Crippen LogP contribution in [-0.4, -0.2) is 66.6 Å². The third-order valence-corrected chi connectivity index (χ3v) is 9.58. The molecule has 1 heterocycles. The van der Waals surface area contributed by atoms with Crippen LogP contribution in [-0.2, 0) is 21.4 Å². The molecular weight excluding hydrogens is 597 g/mol. The molecule has 0 aliphatic carbocycles. The van der Waals surface area contributed by atoms with Crippen molar-refractivity contribution in [3.8, 4) is 0 Å². The summed E-state index contributed by atoms with van der Waals surface area (Å²) in [6, 6.07) is 21.2. The van der Waals surface area contributed by atoms with Crippen LogP contribution in [0.5, 0.6) is 0 Å². The van der Waals surface area contributed by atoms with Crippen molar-refractivity contribution in [1.29, 1.82) is 0 Å². The third kappa shape index (κ3) is 7.16. The summed E-state index contributed by atoms with van der Waals surface area (Å²) in [5.41, 5.74) is 1.20. The van der Waals surface area contributed by atoms with Crippen LogP contribution in [0.15, 0.2) is 88.2 Å². The first kappa shape index (κ1) is 29.9. The van der Waals surface area contributed by atoms with Crippen LogP contribution in [0.25, 0.3) is 0 Å². The fourth-order valence-corrected chi connectivity index (χ4v) is 6.91. The summed E-state index contributed by atoms with van der Waals surface area (Å²) in [4.78, 5) is 30.5. The molecular formula is C30H33BrFN3O4S. The smallest absolute Gasteiger partial charge is 0.254 e. The number of hydrogen-bond acceptors (Lipinski definition) is 4. The molecule has 0 radical (unpaired) electrons. The Balaban J connectivity index is 1.54. The van der Waals surface area contributed by atoms with E-state index in [0.29, 0.717) is 43.5 Å². The van der Waals surface area contributed by atoms with E-state index in [0.717, 1.165) is 4.47 Å². The number of benzene rings is 3. The average Bonchev–Trinajstić information content (AvgIpc) is 2.96. The van der Waals surface area contributed by atoms with Crippen molar-refractivity contribution in [1.82, 2.24) is 14.1 Å². The Labute approximate surface area is 243 Å². The number of carbonyl (C=O) groups is 2. The van der Waals surface area contributed by atoms with E-state index in [9.17, 15) is 22.4 Å². The highest BCUT2D eigenvalue weighted by molar-refractivity contribution is 9.10. The van der Waals surface area contributed by atoms with Crippen molar-refractivity contribution in [3.05, 3.63) is 100 Å². The molecule has 0 aromatic heterocycles. The van der Waals surface area contributed by atoms with Crippen molar-refractivity contribution in [2.45, 2.75) is 43.7 Å². The Morgan fingerprint density at radius 1 is 0.975 bits per heavy atom. The van der Waals surface area contributed by atoms with E-state index in [1.165, 1.54) is 28.6 Å². The molecule has 0 atom stereocenters. The first-order valence-electron chi connectivity index (χ1n) is 13.3. The van der Waals surface area contributed by atoms with Gasteiger partial charge in [0.15, 0.2) is 0 Å². The second-order valence-corrected chi connectivity index (χ2v) is 12.6. The first-order chi connectivity index (χ1) is 19.2. The number of halogens is 2. The summed E-state index contributed by atoms with van der Waals surface area (Å²) in [6.45, 7) is 2.76. The zero-order chi connectivity index (χ0) is 28.7. The van der Waals surface area contributed by atoms with Crippen LogP contribution in [0.1, 0.15) is 42.1 Å². The molecule has 0 saturated carbocycles. The summed E-state index contributed by atoms with van der Waals surface area (Å²) in [5.74, 6) is -0.845. The maximum absolute atomic E-state index is 14.0. The number of carbonyl (C=O) groups excluding carboxylic acids is 2. The summed E-state index contributed by atoms with van der Waals surface area (Å²) < 4.78 is 42.7. The Hall–Kier alpha value is -3.08. The minimum absolute atomic E-state index is 0.0861. The van der Waals surface area contributed by atoms with Gasteiger partial charge in [0.25, 0.3) is 5.91 Å². The molecule has 0 bridgehead atoms. The molecule has 1 fully saturated rings. The normalized spacial score (nSPS) is 14.3. The van der Waals surface area contributed by atoms with E-state index in [-0.39, 0.29) is 42.4 Å². The molecule has 7 nitrogen and oxygen atoms in total. The second-order valence-electron chi connectivity index (χ2n) is 9.81. The van der Waals surface area contributed by atoms with Gasteiger partial charge in [-0.3, -0.25) is 9.59 Å². The van der Waals surface area contributed by atoms with Crippen molar-refractivity contribution >= 4 is 37.8 Å². The fourth-order valence-electron chi connectivity index (χ4n) is 4.96. The predicted molar refractivity (Wildman–Crippen MR) is 156 cm³/mol. The van der Waals surface area contributed by atoms with Gasteiger partial charge in [-0.05, 0) is 77.2 Å². The van der Waals surface area contributed by atoms with E-state index < -0.39 is 15.8 Å². The summed E-state index contributed by atoms with van der Waals surface area (Å²) in [6.07, 6.45) is 1.59. The SMILES string of the molecule is CCCN(CC(=O)N(Cc1cccc(F)c1)C1CCN(C(=O)c2ccccc2Br)CC1)S(=O)(=O)c1ccccc1. The van der Waals surface area contributed by atoms with Crippen LogP contribution in [0.4, 0.5) is 4.39 Å². The zero-order valence-corrected chi connectivity index (χ0v) is 24.8. The largest absolute Gasteiger partial charge is 0.338 e. The number of likely N-dealkylation sites (tertiary alicyclic amines) is 1. The quantitative estimate of drug-likeness (QED) is 0.304. The molecule has 1 saturated heterocycles. The van der Waals surface area contributed by atoms with E-state index in [1.54, 1.807) is 46.2 Å². The summed E-state index contributed by atoms with van der Waals surface area (Å²) >= 11 is 3.44. The van der Waals surface area contributed by atoms with Gasteiger partial charge in [-0.15, -0.1) is 0 Å². The standard InChI is InChI=1S/C30H33BrFN3O4S/c1-2-17-34(40(38,39)26-11-4-3-5-12-26)22-29(36)35(21-23-9-8-10-24(32)20-23)25-15-18-33(19-16-25)30(37)27-13-6-7-14-28(27)31/h3-14,20,25H,2,15-19,21-22H2,1H3. The van der Waals surface area contributed by atoms with Gasteiger partial charge >= 0.3 is 0 Å². The van der Waals surface area contributed by atoms with Crippen molar-refractivity contribution in [2.24, 2.45) is 0 Å². The molecule has 3 aromatic carbocycles. The van der Waals surface area contributed by atoms with Gasteiger partial charge in [0, 0.05) is 36.7 Å². The topological polar surface area (TPSA) is 78.0 Å². The van der Waals surface area contributed by atoms with Crippen molar-refractivity contribution in [2.75, 3.05) is 26.2 Å². The lowest BCUT2D eigenvalue weighted by Crippen LogP contribution is -2.51. The van der Waals surface area contributed by atoms with Gasteiger partial charge in [-0.1, -0.05) is 49.4 Å². The fraction of sp³-hybridized carbons (Fsp3) is 0.333. The molecule has 40 heavy (non-hydrogen) atoms. The van der Waals surface area contributed by atoms with Crippen molar-refractivity contribution < 1.29 is 22.4 Å². The molecule has 1 aliphatic heterocycles. The first-order valence-corrected chi connectivity index (χ1v) is 15.6. The molecule has 0 spiro atoms. The number of hydrogen-bond donors (Lipinski definition) is 0. The minimum atomic E-state index is -3.89. The van der Waals surface area contributed by atoms with Gasteiger partial charge in [-0.2, -0.15) is 4.31 Å². The Kier molecular flexibility index (Phi) is 10.1. The van der Waals surface area contributed by atoms with E-state index in [1.807, 2.05) is 25.1 Å². The van der Waals surface area contributed by atoms with E-state index >= 15 is 0 Å². The Morgan fingerprint density at radius 2 is 1.65 bits per heavy atom. The van der Waals surface area contributed by atoms with Crippen LogP contribution < -0.4 is 0 Å². The molecule has 0 unspecified atom stereocenters. The number of amides is 2. The van der Waals surface area contributed by atoms with Crippen LogP contribution in [0, 0.1) is 5.82 Å². The van der Waals surface area contributed by atoms with E-state index in [4.69, 9.17) is 0 Å². The Bertz CT molecular complexity index is 1430. The second kappa shape index (κ2) is 13.5. The number of sulfonamides is 1. The highest BCUT2D eigenvalue weighted by Gasteiger charge is 2.33. The zero-order valence-electron chi connectivity index (χ0n) is 22.4. The van der Waals surface area contributed by atoms with Crippen molar-refractivity contribution in [3.63, 3.8) is 0 Å². The average molecular weight is 631 g/mol. The van der Waals surface area contributed by atoms with E-state index in [2.05, 4.69) is 15.9 Å². The van der Waals surface area contributed by atoms with Crippen LogP contribution >= 0.6 is 15.9 Å². The number of piperidine rings is 1. The maximum atomic E-state index is 14.0. The molecule has 212 valence electrons. The van der Waals surface area contributed by atoms with Gasteiger partial charge in [0.2, 0.25) is 15.9 Å². The van der Waals surface area contributed by atoms with Crippen LogP contribution in [0.3, 0.4) is 0 Å². The van der Waals surface area contributed by atoms with Crippen LogP contribution in [0.2, 0.25) is 0 Å². The Morgan fingerprint density at radius 3 is 2.30 bits per heavy atom. The van der Waals surface area contributed by atoms with Gasteiger partial charge in [0.1, 0.15) is 5.82 Å². The molecule has 2 amide bonds. The lowest BCUT2D eigenvalue weighted by atomic mass is 10.0. The molecule has 10 heteroatoms. The molecule has 4 rings (SSSR count). The predicted octanol–water partition coefficient (Wildman–Crippen LogP) is 5.32. The minimum Gasteiger partial charge on any atom is -0.338 e. The van der Waals surface area contributed by atoms with Gasteiger partial charge in [0.05, 0.1) is 17.0 Å². The highest BCUT2D eigenvalue weighted by Crippen LogP contribution is 2.25. The summed E-state index contributed by atoms with van der Waals surface area (Å²) in [7, 11) is -3.89. The van der Waals surface area contributed by atoms with Gasteiger partial charge < -0.3 is 9.80 Å². The molecule has 3 aromatic rings. The molecule has 0 N–H and O–H groups in total. The molecule has 1 aliphatic rings. The monoisotopic (exact) mass is 629 g/mol. The highest BCUT2D eigenvalue weighted by atomic mass is 79.9. The summed E-state index contributed by atoms with van der Waals surface area (Å²) in [5, 5.41) is 0. The number of rotatable bonds is 10. The maximum Gasteiger partial charge on any atom is 0.254 e. The third-order valence-electron chi connectivity index (χ3n) is 7.02. The lowest BCUT2D eigenvalue weighted by Gasteiger charge is -2.39. The lowest BCUT2D eigenvalue weighted by molar-refractivity contribution is -0.135. The number of nitrogens with zero attached hydrogens (tertiary/aromatic N) is 3.